The van der Waals surface area contributed by atoms with Crippen LogP contribution in [0.2, 0.25) is 0 Å². The van der Waals surface area contributed by atoms with E-state index >= 15 is 0 Å². The minimum Gasteiger partial charge on any atom is -0.343 e. The molecule has 2 aromatic carbocycles. The molecule has 32 heavy (non-hydrogen) atoms. The first-order valence-electron chi connectivity index (χ1n) is 11.8. The molecule has 0 spiro atoms. The molecular weight excluding hydrogens is 400 g/mol. The van der Waals surface area contributed by atoms with Gasteiger partial charge in [0.1, 0.15) is 0 Å². The summed E-state index contributed by atoms with van der Waals surface area (Å²) in [6, 6.07) is 20.2. The Balaban J connectivity index is 1.31. The smallest absolute Gasteiger partial charge is 0.233 e. The van der Waals surface area contributed by atoms with E-state index in [2.05, 4.69) is 23.0 Å². The summed E-state index contributed by atoms with van der Waals surface area (Å²) in [6.07, 6.45) is 3.20. The molecule has 0 aromatic heterocycles. The van der Waals surface area contributed by atoms with E-state index in [4.69, 9.17) is 0 Å². The van der Waals surface area contributed by atoms with Crippen LogP contribution in [0.15, 0.2) is 60.7 Å². The van der Waals surface area contributed by atoms with Gasteiger partial charge in [-0.25, -0.2) is 0 Å². The fourth-order valence-electron chi connectivity index (χ4n) is 5.04. The van der Waals surface area contributed by atoms with E-state index in [1.807, 2.05) is 65.3 Å². The molecule has 2 atom stereocenters. The first-order valence-corrected chi connectivity index (χ1v) is 11.8. The third kappa shape index (κ3) is 5.19. The highest BCUT2D eigenvalue weighted by Gasteiger charge is 2.41. The fraction of sp³-hybridized carbons (Fsp3) is 0.462. The van der Waals surface area contributed by atoms with Crippen LogP contribution in [0.5, 0.6) is 0 Å². The predicted octanol–water partition coefficient (Wildman–Crippen LogP) is 3.00. The zero-order valence-electron chi connectivity index (χ0n) is 18.9. The van der Waals surface area contributed by atoms with Crippen LogP contribution < -0.4 is 15.8 Å². The zero-order valence-corrected chi connectivity index (χ0v) is 18.9. The Kier molecular flexibility index (Phi) is 7.55. The Morgan fingerprint density at radius 2 is 1.66 bits per heavy atom. The summed E-state index contributed by atoms with van der Waals surface area (Å²) in [7, 11) is 0. The lowest BCUT2D eigenvalue weighted by Gasteiger charge is -2.37. The maximum absolute atomic E-state index is 13.4. The van der Waals surface area contributed by atoms with Gasteiger partial charge in [-0.1, -0.05) is 48.5 Å². The first-order chi connectivity index (χ1) is 15.7. The van der Waals surface area contributed by atoms with Gasteiger partial charge in [0.15, 0.2) is 0 Å². The Morgan fingerprint density at radius 3 is 2.31 bits per heavy atom. The highest BCUT2D eigenvalue weighted by molar-refractivity contribution is 5.95. The van der Waals surface area contributed by atoms with Crippen molar-refractivity contribution < 1.29 is 9.59 Å². The number of hydrogen-bond acceptors (Lipinski definition) is 4. The molecule has 0 saturated carbocycles. The van der Waals surface area contributed by atoms with Crippen molar-refractivity contribution >= 4 is 17.5 Å². The molecule has 6 heteroatoms. The van der Waals surface area contributed by atoms with E-state index in [1.54, 1.807) is 0 Å². The van der Waals surface area contributed by atoms with Gasteiger partial charge < -0.3 is 9.80 Å². The summed E-state index contributed by atoms with van der Waals surface area (Å²) in [5.74, 6) is 0.688. The van der Waals surface area contributed by atoms with E-state index in [1.165, 1.54) is 5.56 Å². The number of carbonyl (C=O) groups is 2. The van der Waals surface area contributed by atoms with Gasteiger partial charge in [0.25, 0.3) is 0 Å². The highest BCUT2D eigenvalue weighted by Crippen LogP contribution is 2.29. The highest BCUT2D eigenvalue weighted by atomic mass is 16.2. The number of benzene rings is 2. The average Bonchev–Trinajstić information content (AvgIpc) is 3.34. The standard InChI is InChI=1S/C26H34N4O2/c1-2-30(22-11-7-4-8-12-22)26(32)23-19-27-28-25(23)21-15-17-29(18-16-21)24(31)14-13-20-9-5-3-6-10-20/h3-12,21,23,25,27-28H,2,13-19H2,1H3. The van der Waals surface area contributed by atoms with Crippen LogP contribution in [0.1, 0.15) is 31.7 Å². The van der Waals surface area contributed by atoms with Crippen LogP contribution in [-0.4, -0.2) is 48.9 Å². The molecule has 2 aromatic rings. The summed E-state index contributed by atoms with van der Waals surface area (Å²) in [5.41, 5.74) is 8.76. The Hall–Kier alpha value is -2.70. The number of hydrazine groups is 1. The molecule has 2 N–H and O–H groups in total. The molecule has 2 amide bonds. The largest absolute Gasteiger partial charge is 0.343 e. The van der Waals surface area contributed by atoms with E-state index in [0.717, 1.165) is 38.0 Å². The quantitative estimate of drug-likeness (QED) is 0.703. The van der Waals surface area contributed by atoms with Crippen molar-refractivity contribution in [3.8, 4) is 0 Å². The van der Waals surface area contributed by atoms with Gasteiger partial charge in [-0.3, -0.25) is 20.4 Å². The van der Waals surface area contributed by atoms with E-state index in [9.17, 15) is 9.59 Å². The van der Waals surface area contributed by atoms with Gasteiger partial charge in [-0.05, 0) is 49.8 Å². The molecule has 170 valence electrons. The van der Waals surface area contributed by atoms with Crippen LogP contribution >= 0.6 is 0 Å². The predicted molar refractivity (Wildman–Crippen MR) is 127 cm³/mol. The molecule has 2 aliphatic rings. The summed E-state index contributed by atoms with van der Waals surface area (Å²) < 4.78 is 0. The molecule has 0 aliphatic carbocycles. The number of piperidine rings is 1. The Labute approximate surface area is 190 Å². The van der Waals surface area contributed by atoms with Crippen LogP contribution in [-0.2, 0) is 16.0 Å². The molecule has 2 saturated heterocycles. The van der Waals surface area contributed by atoms with Crippen LogP contribution in [0.25, 0.3) is 0 Å². The van der Waals surface area contributed by atoms with Crippen molar-refractivity contribution in [2.45, 2.75) is 38.6 Å². The fourth-order valence-corrected chi connectivity index (χ4v) is 5.04. The second-order valence-corrected chi connectivity index (χ2v) is 8.78. The van der Waals surface area contributed by atoms with Crippen molar-refractivity contribution in [2.75, 3.05) is 31.1 Å². The topological polar surface area (TPSA) is 64.7 Å². The molecule has 4 rings (SSSR count). The van der Waals surface area contributed by atoms with E-state index in [-0.39, 0.29) is 23.8 Å². The number of likely N-dealkylation sites (tertiary alicyclic amines) is 1. The monoisotopic (exact) mass is 434 g/mol. The molecule has 2 fully saturated rings. The summed E-state index contributed by atoms with van der Waals surface area (Å²) in [4.78, 5) is 30.0. The van der Waals surface area contributed by atoms with Gasteiger partial charge >= 0.3 is 0 Å². The lowest BCUT2D eigenvalue weighted by molar-refractivity contribution is -0.133. The average molecular weight is 435 g/mol. The van der Waals surface area contributed by atoms with Crippen molar-refractivity contribution in [3.05, 3.63) is 66.2 Å². The molecule has 2 aliphatic heterocycles. The van der Waals surface area contributed by atoms with E-state index in [0.29, 0.717) is 25.4 Å². The number of para-hydroxylation sites is 1. The number of anilines is 1. The number of nitrogens with zero attached hydrogens (tertiary/aromatic N) is 2. The van der Waals surface area contributed by atoms with Gasteiger partial charge in [-0.15, -0.1) is 0 Å². The lowest BCUT2D eigenvalue weighted by atomic mass is 9.82. The lowest BCUT2D eigenvalue weighted by Crippen LogP contribution is -2.49. The second-order valence-electron chi connectivity index (χ2n) is 8.78. The normalized spacial score (nSPS) is 21.5. The summed E-state index contributed by atoms with van der Waals surface area (Å²) in [5, 5.41) is 0. The maximum Gasteiger partial charge on any atom is 0.233 e. The molecular formula is C26H34N4O2. The third-order valence-electron chi connectivity index (χ3n) is 6.86. The Morgan fingerprint density at radius 1 is 1.00 bits per heavy atom. The molecule has 2 unspecified atom stereocenters. The minimum atomic E-state index is -0.0968. The maximum atomic E-state index is 13.4. The van der Waals surface area contributed by atoms with E-state index < -0.39 is 0 Å². The molecule has 0 bridgehead atoms. The van der Waals surface area contributed by atoms with Crippen LogP contribution in [0.4, 0.5) is 5.69 Å². The second kappa shape index (κ2) is 10.7. The van der Waals surface area contributed by atoms with Gasteiger partial charge in [-0.2, -0.15) is 0 Å². The molecule has 0 radical (unpaired) electrons. The first kappa shape index (κ1) is 22.5. The molecule has 6 nitrogen and oxygen atoms in total. The van der Waals surface area contributed by atoms with Gasteiger partial charge in [0, 0.05) is 44.3 Å². The molecule has 2 heterocycles. The third-order valence-corrected chi connectivity index (χ3v) is 6.86. The van der Waals surface area contributed by atoms with Gasteiger partial charge in [0.05, 0.1) is 5.92 Å². The van der Waals surface area contributed by atoms with Gasteiger partial charge in [0.2, 0.25) is 11.8 Å². The van der Waals surface area contributed by atoms with Crippen molar-refractivity contribution in [3.63, 3.8) is 0 Å². The number of nitrogens with one attached hydrogen (secondary N) is 2. The summed E-state index contributed by atoms with van der Waals surface area (Å²) >= 11 is 0. The SMILES string of the molecule is CCN(C(=O)C1CNNC1C1CCN(C(=O)CCc2ccccc2)CC1)c1ccccc1. The number of amides is 2. The van der Waals surface area contributed by atoms with Crippen molar-refractivity contribution in [2.24, 2.45) is 11.8 Å². The Bertz CT molecular complexity index is 881. The number of hydrogen-bond donors (Lipinski definition) is 2. The number of rotatable bonds is 7. The van der Waals surface area contributed by atoms with Crippen LogP contribution in [0, 0.1) is 11.8 Å². The minimum absolute atomic E-state index is 0.0968. The zero-order chi connectivity index (χ0) is 22.3. The van der Waals surface area contributed by atoms with Crippen molar-refractivity contribution in [1.82, 2.24) is 15.8 Å². The number of aryl methyl sites for hydroxylation is 1. The summed E-state index contributed by atoms with van der Waals surface area (Å²) in [6.45, 7) is 4.86. The van der Waals surface area contributed by atoms with Crippen LogP contribution in [0.3, 0.4) is 0 Å². The van der Waals surface area contributed by atoms with Crippen molar-refractivity contribution in [1.29, 1.82) is 0 Å². The number of carbonyl (C=O) groups excluding carboxylic acids is 2.